The van der Waals surface area contributed by atoms with E-state index in [0.29, 0.717) is 62.5 Å². The van der Waals surface area contributed by atoms with Crippen molar-refractivity contribution in [3.63, 3.8) is 0 Å². The van der Waals surface area contributed by atoms with Crippen LogP contribution in [0, 0.1) is 126 Å². The van der Waals surface area contributed by atoms with Crippen LogP contribution in [-0.2, 0) is 54.4 Å². The van der Waals surface area contributed by atoms with Gasteiger partial charge in [0.1, 0.15) is 0 Å². The molecule has 0 bridgehead atoms. The van der Waals surface area contributed by atoms with Gasteiger partial charge in [-0.15, -0.1) is 0 Å². The second-order valence-corrected chi connectivity index (χ2v) is 16.8. The molecule has 0 atom stereocenters. The van der Waals surface area contributed by atoms with E-state index in [0.717, 1.165) is 0 Å². The minimum atomic E-state index is -8.12. The molecule has 152 valence electrons. The first kappa shape index (κ1) is 30.4. The van der Waals surface area contributed by atoms with Gasteiger partial charge in [-0.25, -0.2) is 0 Å². The summed E-state index contributed by atoms with van der Waals surface area (Å²) in [6.45, 7) is 0. The van der Waals surface area contributed by atoms with Gasteiger partial charge in [0.05, 0.1) is 0 Å². The zero-order valence-electron chi connectivity index (χ0n) is 14.4. The average molecular weight is 559 g/mol. The predicted octanol–water partition coefficient (Wildman–Crippen LogP) is -0.181. The van der Waals surface area contributed by atoms with E-state index in [2.05, 4.69) is 7.70 Å². The Morgan fingerprint density at radius 1 is 0.387 bits per heavy atom. The summed E-state index contributed by atoms with van der Waals surface area (Å²) in [5, 5.41) is 107. The summed E-state index contributed by atoms with van der Waals surface area (Å²) >= 11 is 0. The van der Waals surface area contributed by atoms with Crippen molar-refractivity contribution in [3.05, 3.63) is 0 Å². The third-order valence-corrected chi connectivity index (χ3v) is 10.5. The maximum atomic E-state index is 12.2. The number of nitrogens with zero attached hydrogens (tertiary/aromatic N) is 12. The topological polar surface area (TPSA) is 338 Å². The quantitative estimate of drug-likeness (QED) is 0.312. The van der Waals surface area contributed by atoms with Crippen molar-refractivity contribution in [3.8, 4) is 62.5 Å². The monoisotopic (exact) mass is 558 g/mol. The summed E-state index contributed by atoms with van der Waals surface area (Å²) in [7, 11) is -16.2. The largest absolute Gasteiger partial charge is 2.00 e. The maximum absolute atomic E-state index is 12.2. The summed E-state index contributed by atoms with van der Waals surface area (Å²) in [5.74, 6) is 0. The third kappa shape index (κ3) is 2.70. The molecule has 0 aliphatic rings. The average Bonchev–Trinajstić information content (AvgIpc) is 2.82. The first-order valence-corrected chi connectivity index (χ1v) is 12.2. The van der Waals surface area contributed by atoms with Crippen molar-refractivity contribution in [2.75, 3.05) is 0 Å². The van der Waals surface area contributed by atoms with E-state index in [9.17, 15) is 7.73 Å². The first-order chi connectivity index (χ1) is 13.4. The Bertz CT molecular complexity index is 1340. The van der Waals surface area contributed by atoms with Gasteiger partial charge >= 0.3 is 180 Å². The summed E-state index contributed by atoms with van der Waals surface area (Å²) in [6.07, 6.45) is 1.24. The van der Waals surface area contributed by atoms with Crippen LogP contribution in [0.3, 0.4) is 0 Å². The summed E-state index contributed by atoms with van der Waals surface area (Å²) in [4.78, 5) is 0. The minimum Gasteiger partial charge on any atom is 2.00 e. The second kappa shape index (κ2) is 5.40. The standard InChI is InChI=1S/2CHNO.10CN.2Co.2O.Zn/c2*2-1-3;10*1-2;;;;;/h2*3H;;;;;;;;;;;;;;;/q;;;;;;;;;;;;;;;;+2/p-2. The molecule has 0 fully saturated rings. The number of nitriles is 12. The van der Waals surface area contributed by atoms with Crippen LogP contribution < -0.4 is 0 Å². The summed E-state index contributed by atoms with van der Waals surface area (Å²) < 4.78 is 31.5. The molecule has 31 heavy (non-hydrogen) atoms. The van der Waals surface area contributed by atoms with Crippen molar-refractivity contribution in [1.29, 1.82) is 63.1 Å². The van der Waals surface area contributed by atoms with E-state index in [1.807, 2.05) is 0 Å². The molecule has 0 radical (unpaired) electrons. The number of rotatable bonds is 2. The van der Waals surface area contributed by atoms with Gasteiger partial charge in [0, 0.05) is 0 Å². The van der Waals surface area contributed by atoms with Crippen LogP contribution in [0.4, 0.5) is 0 Å². The Balaban J connectivity index is -0.000000490. The van der Waals surface area contributed by atoms with Crippen molar-refractivity contribution >= 4 is 0 Å². The molecule has 0 N–H and O–H groups in total. The van der Waals surface area contributed by atoms with E-state index >= 15 is 0 Å². The zero-order valence-corrected chi connectivity index (χ0v) is 19.4. The molecular formula is C12Co2N12O4Zn. The SMILES string of the molecule is N#C[O][Co-](=[O])([C]#N)([C]#N)([C]#N)([C]#N)[C]#N.N#C[O][Co-](=[O])([C]#N)([C]#N)([C]#N)([C]#N)[C]#N.[Zn+2]. The fourth-order valence-electron chi connectivity index (χ4n) is 0.662. The minimum absolute atomic E-state index is 0. The van der Waals surface area contributed by atoms with Gasteiger partial charge in [-0.3, -0.25) is 0 Å². The molecule has 0 aliphatic heterocycles. The van der Waals surface area contributed by atoms with Crippen LogP contribution in [0.15, 0.2) is 0 Å². The third-order valence-electron chi connectivity index (χ3n) is 2.56. The summed E-state index contributed by atoms with van der Waals surface area (Å²) in [6, 6.07) is 0. The van der Waals surface area contributed by atoms with Gasteiger partial charge in [-0.1, -0.05) is 0 Å². The molecule has 0 saturated carbocycles. The molecule has 0 saturated heterocycles. The van der Waals surface area contributed by atoms with Crippen molar-refractivity contribution < 1.29 is 54.4 Å². The van der Waals surface area contributed by atoms with Crippen LogP contribution in [0.1, 0.15) is 0 Å². The smallest absolute Gasteiger partial charge is 2.00 e. The Labute approximate surface area is 179 Å². The van der Waals surface area contributed by atoms with Crippen molar-refractivity contribution in [2.45, 2.75) is 0 Å². The molecule has 0 heterocycles. The Morgan fingerprint density at radius 3 is 0.548 bits per heavy atom. The number of hydrogen-bond donors (Lipinski definition) is 0. The predicted molar refractivity (Wildman–Crippen MR) is 70.9 cm³/mol. The van der Waals surface area contributed by atoms with E-state index in [1.165, 1.54) is 0 Å². The second-order valence-electron chi connectivity index (χ2n) is 4.20. The van der Waals surface area contributed by atoms with Gasteiger partial charge in [0.2, 0.25) is 0 Å². The first-order valence-electron chi connectivity index (χ1n) is 5.30. The molecule has 0 amide bonds. The normalized spacial score (nSPS) is 15.2. The van der Waals surface area contributed by atoms with E-state index in [1.54, 1.807) is 0 Å². The molecule has 19 heteroatoms. The van der Waals surface area contributed by atoms with Crippen molar-refractivity contribution in [2.24, 2.45) is 0 Å². The molecule has 16 nitrogen and oxygen atoms in total. The van der Waals surface area contributed by atoms with E-state index in [4.69, 9.17) is 63.1 Å². The van der Waals surface area contributed by atoms with Gasteiger partial charge in [0.15, 0.2) is 0 Å². The molecule has 0 rings (SSSR count). The fourth-order valence-corrected chi connectivity index (χ4v) is 2.73. The molecule has 0 spiro atoms. The molecule has 0 aliphatic carbocycles. The van der Waals surface area contributed by atoms with Crippen LogP contribution >= 0.6 is 0 Å². The van der Waals surface area contributed by atoms with Gasteiger partial charge in [-0.05, 0) is 0 Å². The van der Waals surface area contributed by atoms with Gasteiger partial charge < -0.3 is 0 Å². The van der Waals surface area contributed by atoms with Crippen LogP contribution in [0.25, 0.3) is 0 Å². The van der Waals surface area contributed by atoms with Gasteiger partial charge in [0.25, 0.3) is 0 Å². The molecule has 0 aromatic heterocycles. The Morgan fingerprint density at radius 2 is 0.516 bits per heavy atom. The van der Waals surface area contributed by atoms with Crippen LogP contribution in [-0.4, -0.2) is 0 Å². The molecule has 0 aromatic carbocycles. The fraction of sp³-hybridized carbons (Fsp3) is 0. The molecule has 0 aromatic rings. The van der Waals surface area contributed by atoms with E-state index < -0.39 is 19.5 Å². The number of hydrogen-bond acceptors (Lipinski definition) is 16. The molecular weight excluding hydrogens is 559 g/mol. The Hall–Kier alpha value is -5.28. The Kier molecular flexibility index (Phi) is 5.31. The van der Waals surface area contributed by atoms with E-state index in [-0.39, 0.29) is 19.5 Å². The van der Waals surface area contributed by atoms with Crippen molar-refractivity contribution in [1.82, 2.24) is 0 Å². The molecule has 0 unspecified atom stereocenters. The van der Waals surface area contributed by atoms with Gasteiger partial charge in [-0.2, -0.15) is 0 Å². The van der Waals surface area contributed by atoms with Crippen LogP contribution in [0.2, 0.25) is 0 Å². The van der Waals surface area contributed by atoms with Crippen LogP contribution in [0.5, 0.6) is 0 Å². The maximum Gasteiger partial charge on any atom is 2.00 e. The zero-order chi connectivity index (χ0) is 24.7. The summed E-state index contributed by atoms with van der Waals surface area (Å²) in [5.41, 5.74) is 0.